The predicted octanol–water partition coefficient (Wildman–Crippen LogP) is 10.5. The average Bonchev–Trinajstić information content (AvgIpc) is 3.76. The Hall–Kier alpha value is -4.52. The molecule has 0 bridgehead atoms. The minimum absolute atomic E-state index is 0.350. The van der Waals surface area contributed by atoms with Crippen LogP contribution in [0.5, 0.6) is 0 Å². The van der Waals surface area contributed by atoms with Gasteiger partial charge in [-0.3, -0.25) is 0 Å². The first kappa shape index (κ1) is 34.3. The van der Waals surface area contributed by atoms with Crippen molar-refractivity contribution in [3.63, 3.8) is 0 Å². The zero-order chi connectivity index (χ0) is 34.3. The van der Waals surface area contributed by atoms with Gasteiger partial charge in [-0.05, 0) is 125 Å². The zero-order valence-corrected chi connectivity index (χ0v) is 29.3. The monoisotopic (exact) mass is 694 g/mol. The molecule has 7 rings (SSSR count). The number of carbonyl (C=O) groups is 2. The standard InChI is InChI=1S/C24H26ClNO2.C17H14ClNO2/c1-28-24(27)22-15-21(25)9-8-19(22)13-18-7-10-23-20(14-18)11-12-26(23)16-17-5-3-2-4-6-17;1-21-17(20)15-10-14(18)4-3-12(15)8-11-2-5-16-13(9-11)6-7-19-16/h7-12,14-15,17H,2-6,13,16H2,1H3;2-7,9-10,19H,8H2,1H3. The van der Waals surface area contributed by atoms with E-state index in [-0.39, 0.29) is 11.9 Å². The largest absolute Gasteiger partial charge is 0.465 e. The summed E-state index contributed by atoms with van der Waals surface area (Å²) in [5, 5.41) is 3.47. The van der Waals surface area contributed by atoms with Crippen LogP contribution in [0.2, 0.25) is 10.0 Å². The Labute approximate surface area is 296 Å². The molecule has 2 aromatic heterocycles. The highest BCUT2D eigenvalue weighted by atomic mass is 35.5. The van der Waals surface area contributed by atoms with Crippen LogP contribution < -0.4 is 0 Å². The van der Waals surface area contributed by atoms with Crippen molar-refractivity contribution in [1.82, 2.24) is 9.55 Å². The molecule has 1 N–H and O–H groups in total. The van der Waals surface area contributed by atoms with Crippen LogP contribution in [0, 0.1) is 5.92 Å². The lowest BCUT2D eigenvalue weighted by molar-refractivity contribution is 0.0590. The first-order valence-electron chi connectivity index (χ1n) is 16.7. The summed E-state index contributed by atoms with van der Waals surface area (Å²) in [6, 6.07) is 27.8. The summed E-state index contributed by atoms with van der Waals surface area (Å²) in [5.74, 6) is 0.0909. The van der Waals surface area contributed by atoms with E-state index in [1.54, 1.807) is 18.2 Å². The molecule has 0 atom stereocenters. The molecular weight excluding hydrogens is 655 g/mol. The van der Waals surface area contributed by atoms with Crippen LogP contribution in [0.3, 0.4) is 0 Å². The smallest absolute Gasteiger partial charge is 0.338 e. The van der Waals surface area contributed by atoms with Gasteiger partial charge in [0, 0.05) is 40.0 Å². The quantitative estimate of drug-likeness (QED) is 0.161. The van der Waals surface area contributed by atoms with Gasteiger partial charge in [0.15, 0.2) is 0 Å². The van der Waals surface area contributed by atoms with Crippen LogP contribution >= 0.6 is 23.2 Å². The molecule has 1 aliphatic carbocycles. The molecule has 0 radical (unpaired) electrons. The Kier molecular flexibility index (Phi) is 11.1. The summed E-state index contributed by atoms with van der Waals surface area (Å²) in [6.45, 7) is 1.12. The number of benzene rings is 4. The molecule has 0 saturated heterocycles. The third kappa shape index (κ3) is 8.38. The number of esters is 2. The topological polar surface area (TPSA) is 73.3 Å². The van der Waals surface area contributed by atoms with Gasteiger partial charge in [0.2, 0.25) is 0 Å². The lowest BCUT2D eigenvalue weighted by Gasteiger charge is -2.22. The number of nitrogens with one attached hydrogen (secondary N) is 1. The van der Waals surface area contributed by atoms with E-state index < -0.39 is 0 Å². The maximum absolute atomic E-state index is 12.1. The van der Waals surface area contributed by atoms with Crippen LogP contribution in [0.25, 0.3) is 21.8 Å². The van der Waals surface area contributed by atoms with Gasteiger partial charge in [0.1, 0.15) is 0 Å². The number of methoxy groups -OCH3 is 2. The number of fused-ring (bicyclic) bond motifs is 2. The van der Waals surface area contributed by atoms with Crippen molar-refractivity contribution in [1.29, 1.82) is 0 Å². The van der Waals surface area contributed by atoms with Gasteiger partial charge >= 0.3 is 11.9 Å². The minimum Gasteiger partial charge on any atom is -0.465 e. The number of nitrogens with zero attached hydrogens (tertiary/aromatic N) is 1. The molecule has 0 amide bonds. The molecule has 252 valence electrons. The molecule has 49 heavy (non-hydrogen) atoms. The molecule has 1 aliphatic rings. The van der Waals surface area contributed by atoms with E-state index in [0.29, 0.717) is 34.0 Å². The summed E-state index contributed by atoms with van der Waals surface area (Å²) < 4.78 is 12.1. The van der Waals surface area contributed by atoms with E-state index >= 15 is 0 Å². The highest BCUT2D eigenvalue weighted by Gasteiger charge is 2.17. The van der Waals surface area contributed by atoms with Crippen molar-refractivity contribution in [3.05, 3.63) is 141 Å². The summed E-state index contributed by atoms with van der Waals surface area (Å²) in [4.78, 5) is 27.1. The minimum atomic E-state index is -0.366. The van der Waals surface area contributed by atoms with E-state index in [1.807, 2.05) is 36.5 Å². The fraction of sp³-hybridized carbons (Fsp3) is 0.268. The Balaban J connectivity index is 0.000000177. The SMILES string of the molecule is COC(=O)c1cc(Cl)ccc1Cc1ccc2[nH]ccc2c1.COC(=O)c1cc(Cl)ccc1Cc1ccc2c(ccn2CC2CCCCC2)c1. The van der Waals surface area contributed by atoms with Gasteiger partial charge in [-0.2, -0.15) is 0 Å². The number of H-pyrrole nitrogens is 1. The first-order valence-corrected chi connectivity index (χ1v) is 17.4. The van der Waals surface area contributed by atoms with Gasteiger partial charge in [0.25, 0.3) is 0 Å². The number of aromatic amines is 1. The number of aromatic nitrogens is 2. The second-order valence-electron chi connectivity index (χ2n) is 12.7. The molecule has 4 aromatic carbocycles. The van der Waals surface area contributed by atoms with Crippen LogP contribution in [0.15, 0.2) is 97.3 Å². The Bertz CT molecular complexity index is 2090. The molecule has 1 fully saturated rings. The van der Waals surface area contributed by atoms with Gasteiger partial charge in [0.05, 0.1) is 25.3 Å². The highest BCUT2D eigenvalue weighted by Crippen LogP contribution is 2.28. The van der Waals surface area contributed by atoms with E-state index in [9.17, 15) is 9.59 Å². The van der Waals surface area contributed by atoms with Gasteiger partial charge < -0.3 is 19.0 Å². The Morgan fingerprint density at radius 2 is 1.31 bits per heavy atom. The maximum Gasteiger partial charge on any atom is 0.338 e. The van der Waals surface area contributed by atoms with Gasteiger partial charge in [-0.15, -0.1) is 0 Å². The van der Waals surface area contributed by atoms with E-state index in [2.05, 4.69) is 52.1 Å². The number of hydrogen-bond donors (Lipinski definition) is 1. The summed E-state index contributed by atoms with van der Waals surface area (Å²) >= 11 is 12.0. The number of carbonyl (C=O) groups excluding carboxylic acids is 2. The van der Waals surface area contributed by atoms with Crippen molar-refractivity contribution in [2.24, 2.45) is 5.92 Å². The summed E-state index contributed by atoms with van der Waals surface area (Å²) in [5.41, 5.74) is 7.58. The van der Waals surface area contributed by atoms with Crippen molar-refractivity contribution in [2.75, 3.05) is 14.2 Å². The number of halogens is 2. The Morgan fingerprint density at radius 1 is 0.714 bits per heavy atom. The third-order valence-electron chi connectivity index (χ3n) is 9.38. The van der Waals surface area contributed by atoms with Crippen LogP contribution in [0.1, 0.15) is 75.1 Å². The van der Waals surface area contributed by atoms with Crippen molar-refractivity contribution in [3.8, 4) is 0 Å². The fourth-order valence-electron chi connectivity index (χ4n) is 6.82. The molecule has 0 unspecified atom stereocenters. The molecule has 8 heteroatoms. The molecule has 1 saturated carbocycles. The lowest BCUT2D eigenvalue weighted by Crippen LogP contribution is -2.13. The van der Waals surface area contributed by atoms with Crippen molar-refractivity contribution < 1.29 is 19.1 Å². The molecule has 0 spiro atoms. The third-order valence-corrected chi connectivity index (χ3v) is 9.85. The first-order chi connectivity index (χ1) is 23.8. The van der Waals surface area contributed by atoms with E-state index in [1.165, 1.54) is 62.8 Å². The normalized spacial score (nSPS) is 13.2. The second-order valence-corrected chi connectivity index (χ2v) is 13.6. The van der Waals surface area contributed by atoms with E-state index in [4.69, 9.17) is 32.7 Å². The van der Waals surface area contributed by atoms with Gasteiger partial charge in [-0.1, -0.05) is 66.7 Å². The summed E-state index contributed by atoms with van der Waals surface area (Å²) in [6.07, 6.45) is 12.3. The lowest BCUT2D eigenvalue weighted by atomic mass is 9.89. The maximum atomic E-state index is 12.1. The molecule has 6 aromatic rings. The van der Waals surface area contributed by atoms with Gasteiger partial charge in [-0.25, -0.2) is 9.59 Å². The Morgan fingerprint density at radius 3 is 1.92 bits per heavy atom. The predicted molar refractivity (Wildman–Crippen MR) is 198 cm³/mol. The number of ether oxygens (including phenoxy) is 2. The zero-order valence-electron chi connectivity index (χ0n) is 27.8. The van der Waals surface area contributed by atoms with Crippen LogP contribution in [-0.4, -0.2) is 35.7 Å². The van der Waals surface area contributed by atoms with E-state index in [0.717, 1.165) is 40.1 Å². The highest BCUT2D eigenvalue weighted by molar-refractivity contribution is 6.31. The van der Waals surface area contributed by atoms with Crippen molar-refractivity contribution in [2.45, 2.75) is 51.5 Å². The summed E-state index contributed by atoms with van der Waals surface area (Å²) in [7, 11) is 2.77. The molecular formula is C41H40Cl2N2O4. The molecule has 6 nitrogen and oxygen atoms in total. The fourth-order valence-corrected chi connectivity index (χ4v) is 7.17. The second kappa shape index (κ2) is 15.8. The van der Waals surface area contributed by atoms with Crippen LogP contribution in [0.4, 0.5) is 0 Å². The average molecular weight is 696 g/mol. The van der Waals surface area contributed by atoms with Crippen molar-refractivity contribution >= 4 is 56.9 Å². The van der Waals surface area contributed by atoms with Crippen LogP contribution in [-0.2, 0) is 28.9 Å². The number of rotatable bonds is 8. The molecule has 0 aliphatic heterocycles. The number of hydrogen-bond acceptors (Lipinski definition) is 4. The molecule has 2 heterocycles.